The van der Waals surface area contributed by atoms with Crippen molar-refractivity contribution in [1.29, 1.82) is 0 Å². The zero-order chi connectivity index (χ0) is 26.6. The molecule has 202 valence electrons. The van der Waals surface area contributed by atoms with E-state index < -0.39 is 0 Å². The van der Waals surface area contributed by atoms with Crippen molar-refractivity contribution in [2.24, 2.45) is 11.8 Å². The van der Waals surface area contributed by atoms with Gasteiger partial charge < -0.3 is 4.74 Å². The van der Waals surface area contributed by atoms with Crippen LogP contribution in [0.4, 0.5) is 0 Å². The third-order valence-electron chi connectivity index (χ3n) is 8.54. The second kappa shape index (κ2) is 14.9. The predicted molar refractivity (Wildman–Crippen MR) is 160 cm³/mol. The lowest BCUT2D eigenvalue weighted by Gasteiger charge is -2.29. The lowest BCUT2D eigenvalue weighted by molar-refractivity contribution is -0.139. The van der Waals surface area contributed by atoms with E-state index in [4.69, 9.17) is 4.74 Å². The summed E-state index contributed by atoms with van der Waals surface area (Å²) in [5.74, 6) is 2.13. The Hall–Kier alpha value is -2.87. The first-order chi connectivity index (χ1) is 18.7. The van der Waals surface area contributed by atoms with Crippen LogP contribution in [-0.2, 0) is 11.2 Å². The lowest BCUT2D eigenvalue weighted by atomic mass is 9.77. The molecule has 3 aromatic carbocycles. The Morgan fingerprint density at radius 2 is 1.47 bits per heavy atom. The monoisotopic (exact) mass is 510 g/mol. The third kappa shape index (κ3) is 8.32. The zero-order valence-corrected chi connectivity index (χ0v) is 23.5. The van der Waals surface area contributed by atoms with Crippen LogP contribution in [0.1, 0.15) is 102 Å². The second-order valence-corrected chi connectivity index (χ2v) is 11.3. The van der Waals surface area contributed by atoms with Crippen molar-refractivity contribution in [1.82, 2.24) is 0 Å². The number of ether oxygens (including phenoxy) is 1. The molecule has 1 saturated carbocycles. The number of carbonyl (C=O) groups is 1. The summed E-state index contributed by atoms with van der Waals surface area (Å²) >= 11 is 0. The number of unbranched alkanes of at least 4 members (excludes halogenated alkanes) is 2. The minimum absolute atomic E-state index is 0.0544. The highest BCUT2D eigenvalue weighted by Crippen LogP contribution is 2.38. The molecule has 0 radical (unpaired) electrons. The molecule has 38 heavy (non-hydrogen) atoms. The second-order valence-electron chi connectivity index (χ2n) is 11.3. The number of hydrogen-bond acceptors (Lipinski definition) is 2. The molecule has 2 nitrogen and oxygen atoms in total. The molecule has 1 fully saturated rings. The predicted octanol–water partition coefficient (Wildman–Crippen LogP) is 10.2. The average molecular weight is 511 g/mol. The zero-order valence-electron chi connectivity index (χ0n) is 23.5. The molecule has 0 spiro atoms. The number of carbonyl (C=O) groups excluding carboxylic acids is 1. The summed E-state index contributed by atoms with van der Waals surface area (Å²) in [5.41, 5.74) is 5.21. The maximum atomic E-state index is 12.9. The van der Waals surface area contributed by atoms with Gasteiger partial charge >= 0.3 is 5.97 Å². The maximum absolute atomic E-state index is 12.9. The minimum Gasteiger partial charge on any atom is -0.426 e. The van der Waals surface area contributed by atoms with Gasteiger partial charge in [0.1, 0.15) is 5.75 Å². The average Bonchev–Trinajstić information content (AvgIpc) is 2.97. The van der Waals surface area contributed by atoms with E-state index in [9.17, 15) is 4.79 Å². The fourth-order valence-corrected chi connectivity index (χ4v) is 6.01. The van der Waals surface area contributed by atoms with E-state index in [0.29, 0.717) is 11.7 Å². The van der Waals surface area contributed by atoms with E-state index in [1.54, 1.807) is 0 Å². The van der Waals surface area contributed by atoms with Crippen LogP contribution in [0.3, 0.4) is 0 Å². The molecule has 1 aliphatic carbocycles. The molecule has 0 aromatic heterocycles. The molecular weight excluding hydrogens is 464 g/mol. The number of esters is 1. The van der Waals surface area contributed by atoms with Crippen LogP contribution in [0.5, 0.6) is 5.75 Å². The summed E-state index contributed by atoms with van der Waals surface area (Å²) < 4.78 is 5.81. The summed E-state index contributed by atoms with van der Waals surface area (Å²) in [5, 5.41) is 0. The molecule has 4 rings (SSSR count). The Kier molecular flexibility index (Phi) is 11.0. The van der Waals surface area contributed by atoms with E-state index in [1.807, 2.05) is 18.2 Å². The van der Waals surface area contributed by atoms with E-state index in [1.165, 1.54) is 73.6 Å². The number of hydrogen-bond donors (Lipinski definition) is 0. The van der Waals surface area contributed by atoms with Crippen molar-refractivity contribution in [2.45, 2.75) is 96.8 Å². The molecule has 2 heteroatoms. The first-order valence-corrected chi connectivity index (χ1v) is 15.1. The fourth-order valence-electron chi connectivity index (χ4n) is 6.01. The van der Waals surface area contributed by atoms with Crippen LogP contribution in [-0.4, -0.2) is 5.97 Å². The van der Waals surface area contributed by atoms with Gasteiger partial charge in [0, 0.05) is 0 Å². The summed E-state index contributed by atoms with van der Waals surface area (Å²) in [4.78, 5) is 12.9. The van der Waals surface area contributed by atoms with Crippen molar-refractivity contribution < 1.29 is 9.53 Å². The van der Waals surface area contributed by atoms with Gasteiger partial charge in [-0.3, -0.25) is 4.79 Å². The summed E-state index contributed by atoms with van der Waals surface area (Å²) in [6.45, 7) is 4.37. The molecule has 0 bridgehead atoms. The summed E-state index contributed by atoms with van der Waals surface area (Å²) in [6, 6.07) is 27.6. The molecule has 0 aliphatic heterocycles. The standard InChI is InChI=1S/C36H46O2/c1-3-5-7-11-28-16-22-33(23-17-28)34-24-26-35(27-25-34)38-36(37)30(4-2)15-10-12-29-18-20-32(21-19-29)31-13-8-6-9-14-31/h6,8-9,13-14,18-21,24-28,30,33H,3-5,7,10-12,15-17,22-23H2,1-2H3/t28-,30?,33-. The smallest absolute Gasteiger partial charge is 0.314 e. The Balaban J connectivity index is 1.20. The van der Waals surface area contributed by atoms with Crippen molar-refractivity contribution in [3.63, 3.8) is 0 Å². The summed E-state index contributed by atoms with van der Waals surface area (Å²) in [6.07, 6.45) is 14.4. The third-order valence-corrected chi connectivity index (χ3v) is 8.54. The topological polar surface area (TPSA) is 26.3 Å². The van der Waals surface area contributed by atoms with E-state index in [-0.39, 0.29) is 11.9 Å². The van der Waals surface area contributed by atoms with Gasteiger partial charge in [0.25, 0.3) is 0 Å². The highest BCUT2D eigenvalue weighted by Gasteiger charge is 2.23. The SMILES string of the molecule is CCCCC[C@H]1CC[C@H](c2ccc(OC(=O)C(CC)CCCc3ccc(-c4ccccc4)cc3)cc2)CC1. The molecule has 1 atom stereocenters. The first kappa shape index (κ1) is 28.1. The molecule has 3 aromatic rings. The van der Waals surface area contributed by atoms with Crippen LogP contribution >= 0.6 is 0 Å². The van der Waals surface area contributed by atoms with Crippen LogP contribution < -0.4 is 4.74 Å². The highest BCUT2D eigenvalue weighted by atomic mass is 16.5. The van der Waals surface area contributed by atoms with Crippen molar-refractivity contribution in [3.05, 3.63) is 90.0 Å². The normalized spacial score (nSPS) is 18.2. The first-order valence-electron chi connectivity index (χ1n) is 15.1. The Morgan fingerprint density at radius 1 is 0.789 bits per heavy atom. The Morgan fingerprint density at radius 3 is 2.13 bits per heavy atom. The molecule has 0 saturated heterocycles. The number of benzene rings is 3. The van der Waals surface area contributed by atoms with Crippen LogP contribution in [0.25, 0.3) is 11.1 Å². The number of aryl methyl sites for hydroxylation is 1. The van der Waals surface area contributed by atoms with Gasteiger partial charge in [-0.2, -0.15) is 0 Å². The van der Waals surface area contributed by atoms with Gasteiger partial charge in [-0.15, -0.1) is 0 Å². The number of rotatable bonds is 13. The quantitative estimate of drug-likeness (QED) is 0.130. The van der Waals surface area contributed by atoms with Gasteiger partial charge in [-0.05, 0) is 97.6 Å². The Bertz CT molecular complexity index is 1080. The minimum atomic E-state index is -0.0905. The van der Waals surface area contributed by atoms with E-state index in [2.05, 4.69) is 74.5 Å². The highest BCUT2D eigenvalue weighted by molar-refractivity contribution is 5.75. The fraction of sp³-hybridized carbons (Fsp3) is 0.472. The van der Waals surface area contributed by atoms with Crippen LogP contribution in [0.15, 0.2) is 78.9 Å². The molecule has 0 N–H and O–H groups in total. The van der Waals surface area contributed by atoms with Gasteiger partial charge in [-0.1, -0.05) is 106 Å². The molecular formula is C36H46O2. The van der Waals surface area contributed by atoms with Crippen molar-refractivity contribution in [3.8, 4) is 16.9 Å². The molecule has 1 unspecified atom stereocenters. The van der Waals surface area contributed by atoms with Crippen LogP contribution in [0, 0.1) is 11.8 Å². The van der Waals surface area contributed by atoms with Gasteiger partial charge in [0.05, 0.1) is 5.92 Å². The van der Waals surface area contributed by atoms with E-state index in [0.717, 1.165) is 31.6 Å². The van der Waals surface area contributed by atoms with Crippen molar-refractivity contribution >= 4 is 5.97 Å². The largest absolute Gasteiger partial charge is 0.426 e. The molecule has 1 aliphatic rings. The maximum Gasteiger partial charge on any atom is 0.314 e. The van der Waals surface area contributed by atoms with Gasteiger partial charge in [0.15, 0.2) is 0 Å². The molecule has 0 heterocycles. The van der Waals surface area contributed by atoms with E-state index >= 15 is 0 Å². The Labute approximate surface area is 230 Å². The molecule has 0 amide bonds. The van der Waals surface area contributed by atoms with Crippen LogP contribution in [0.2, 0.25) is 0 Å². The van der Waals surface area contributed by atoms with Gasteiger partial charge in [-0.25, -0.2) is 0 Å². The summed E-state index contributed by atoms with van der Waals surface area (Å²) in [7, 11) is 0. The lowest BCUT2D eigenvalue weighted by Crippen LogP contribution is -2.20. The van der Waals surface area contributed by atoms with Gasteiger partial charge in [0.2, 0.25) is 0 Å². The van der Waals surface area contributed by atoms with Crippen molar-refractivity contribution in [2.75, 3.05) is 0 Å².